The first-order valence-electron chi connectivity index (χ1n) is 6.53. The van der Waals surface area contributed by atoms with Gasteiger partial charge < -0.3 is 4.90 Å². The Hall–Kier alpha value is -1.61. The van der Waals surface area contributed by atoms with Crippen molar-refractivity contribution in [1.82, 2.24) is 9.97 Å². The number of hydrogen-bond acceptors (Lipinski definition) is 3. The van der Waals surface area contributed by atoms with E-state index in [0.29, 0.717) is 11.9 Å². The zero-order valence-electron chi connectivity index (χ0n) is 10.9. The molecule has 0 aliphatic carbocycles. The standard InChI is InChI=1S/C15H16ClN3/c1-11-6-7-12-4-2-3-5-14(12)19(11)15-10-17-13(8-16)9-18-15/h2-5,9-11H,6-8H2,1H3. The van der Waals surface area contributed by atoms with Crippen molar-refractivity contribution in [1.29, 1.82) is 0 Å². The van der Waals surface area contributed by atoms with Gasteiger partial charge in [0.1, 0.15) is 0 Å². The average Bonchev–Trinajstić information content (AvgIpc) is 2.47. The number of benzene rings is 1. The highest BCUT2D eigenvalue weighted by Gasteiger charge is 2.24. The third-order valence-corrected chi connectivity index (χ3v) is 3.87. The van der Waals surface area contributed by atoms with Gasteiger partial charge in [-0.1, -0.05) is 18.2 Å². The minimum atomic E-state index is 0.402. The highest BCUT2D eigenvalue weighted by molar-refractivity contribution is 6.16. The molecular formula is C15H16ClN3. The molecule has 98 valence electrons. The topological polar surface area (TPSA) is 29.0 Å². The third-order valence-electron chi connectivity index (χ3n) is 3.60. The van der Waals surface area contributed by atoms with Gasteiger partial charge in [0, 0.05) is 11.7 Å². The molecular weight excluding hydrogens is 258 g/mol. The van der Waals surface area contributed by atoms with Crippen LogP contribution in [0.4, 0.5) is 11.5 Å². The van der Waals surface area contributed by atoms with Crippen LogP contribution >= 0.6 is 11.6 Å². The number of rotatable bonds is 2. The van der Waals surface area contributed by atoms with Crippen LogP contribution in [0.5, 0.6) is 0 Å². The molecule has 0 fully saturated rings. The van der Waals surface area contributed by atoms with E-state index in [-0.39, 0.29) is 0 Å². The van der Waals surface area contributed by atoms with E-state index in [4.69, 9.17) is 11.6 Å². The average molecular weight is 274 g/mol. The van der Waals surface area contributed by atoms with Crippen LogP contribution in [0.15, 0.2) is 36.7 Å². The molecule has 1 atom stereocenters. The van der Waals surface area contributed by atoms with E-state index in [0.717, 1.165) is 24.4 Å². The fraction of sp³-hybridized carbons (Fsp3) is 0.333. The summed E-state index contributed by atoms with van der Waals surface area (Å²) in [6.45, 7) is 2.23. The minimum absolute atomic E-state index is 0.402. The lowest BCUT2D eigenvalue weighted by molar-refractivity contribution is 0.612. The van der Waals surface area contributed by atoms with E-state index in [1.165, 1.54) is 11.3 Å². The van der Waals surface area contributed by atoms with Gasteiger partial charge >= 0.3 is 0 Å². The quantitative estimate of drug-likeness (QED) is 0.782. The van der Waals surface area contributed by atoms with Gasteiger partial charge in [0.2, 0.25) is 0 Å². The Kier molecular flexibility index (Phi) is 3.38. The molecule has 1 aromatic carbocycles. The number of aromatic nitrogens is 2. The SMILES string of the molecule is CC1CCc2ccccc2N1c1cnc(CCl)cn1. The summed E-state index contributed by atoms with van der Waals surface area (Å²) in [6.07, 6.45) is 5.83. The maximum atomic E-state index is 5.76. The van der Waals surface area contributed by atoms with Gasteiger partial charge in [-0.15, -0.1) is 11.6 Å². The highest BCUT2D eigenvalue weighted by atomic mass is 35.5. The second-order valence-corrected chi connectivity index (χ2v) is 5.15. The van der Waals surface area contributed by atoms with E-state index in [2.05, 4.69) is 46.1 Å². The number of fused-ring (bicyclic) bond motifs is 1. The summed E-state index contributed by atoms with van der Waals surface area (Å²) in [7, 11) is 0. The summed E-state index contributed by atoms with van der Waals surface area (Å²) in [6, 6.07) is 8.95. The van der Waals surface area contributed by atoms with Crippen LogP contribution < -0.4 is 4.90 Å². The smallest absolute Gasteiger partial charge is 0.151 e. The molecule has 1 aliphatic rings. The van der Waals surface area contributed by atoms with Crippen molar-refractivity contribution >= 4 is 23.1 Å². The Balaban J connectivity index is 2.02. The van der Waals surface area contributed by atoms with Gasteiger partial charge in [-0.05, 0) is 31.4 Å². The fourth-order valence-corrected chi connectivity index (χ4v) is 2.72. The number of alkyl halides is 1. The van der Waals surface area contributed by atoms with Crippen LogP contribution in [0, 0.1) is 0 Å². The monoisotopic (exact) mass is 273 g/mol. The molecule has 4 heteroatoms. The zero-order chi connectivity index (χ0) is 13.2. The van der Waals surface area contributed by atoms with E-state index in [9.17, 15) is 0 Å². The summed E-state index contributed by atoms with van der Waals surface area (Å²) in [5.74, 6) is 1.30. The number of para-hydroxylation sites is 1. The number of nitrogens with zero attached hydrogens (tertiary/aromatic N) is 3. The van der Waals surface area contributed by atoms with Crippen molar-refractivity contribution in [2.75, 3.05) is 4.90 Å². The predicted octanol–water partition coefficient (Wildman–Crippen LogP) is 3.69. The molecule has 2 heterocycles. The Morgan fingerprint density at radius 2 is 2.11 bits per heavy atom. The molecule has 0 radical (unpaired) electrons. The van der Waals surface area contributed by atoms with Gasteiger partial charge in [0.25, 0.3) is 0 Å². The summed E-state index contributed by atoms with van der Waals surface area (Å²) in [4.78, 5) is 11.1. The van der Waals surface area contributed by atoms with Crippen LogP contribution in [0.2, 0.25) is 0 Å². The van der Waals surface area contributed by atoms with E-state index in [1.807, 2.05) is 6.20 Å². The molecule has 3 rings (SSSR count). The minimum Gasteiger partial charge on any atom is -0.322 e. The van der Waals surface area contributed by atoms with Crippen LogP contribution in [0.1, 0.15) is 24.6 Å². The lowest BCUT2D eigenvalue weighted by Crippen LogP contribution is -2.33. The van der Waals surface area contributed by atoms with E-state index in [1.54, 1.807) is 6.20 Å². The molecule has 1 unspecified atom stereocenters. The molecule has 1 aliphatic heterocycles. The Bertz CT molecular complexity index is 568. The lowest BCUT2D eigenvalue weighted by Gasteiger charge is -2.36. The molecule has 2 aromatic rings. The van der Waals surface area contributed by atoms with Crippen LogP contribution in [-0.2, 0) is 12.3 Å². The lowest BCUT2D eigenvalue weighted by atomic mass is 9.97. The molecule has 1 aromatic heterocycles. The van der Waals surface area contributed by atoms with Crippen molar-refractivity contribution in [3.8, 4) is 0 Å². The van der Waals surface area contributed by atoms with E-state index < -0.39 is 0 Å². The highest BCUT2D eigenvalue weighted by Crippen LogP contribution is 2.35. The van der Waals surface area contributed by atoms with Crippen molar-refractivity contribution in [2.24, 2.45) is 0 Å². The number of halogens is 1. The Labute approximate surface area is 118 Å². The van der Waals surface area contributed by atoms with Crippen LogP contribution in [0.3, 0.4) is 0 Å². The molecule has 0 amide bonds. The maximum Gasteiger partial charge on any atom is 0.151 e. The Morgan fingerprint density at radius 3 is 2.84 bits per heavy atom. The molecule has 0 spiro atoms. The van der Waals surface area contributed by atoms with Crippen molar-refractivity contribution in [3.05, 3.63) is 47.9 Å². The molecule has 3 nitrogen and oxygen atoms in total. The molecule has 19 heavy (non-hydrogen) atoms. The van der Waals surface area contributed by atoms with Crippen molar-refractivity contribution in [2.45, 2.75) is 31.7 Å². The summed E-state index contributed by atoms with van der Waals surface area (Å²) in [5.41, 5.74) is 3.43. The number of aryl methyl sites for hydroxylation is 1. The zero-order valence-corrected chi connectivity index (χ0v) is 11.6. The molecule has 0 N–H and O–H groups in total. The summed E-state index contributed by atoms with van der Waals surface area (Å²) >= 11 is 5.76. The first kappa shape index (κ1) is 12.4. The summed E-state index contributed by atoms with van der Waals surface area (Å²) in [5, 5.41) is 0. The van der Waals surface area contributed by atoms with Crippen molar-refractivity contribution < 1.29 is 0 Å². The third kappa shape index (κ3) is 2.30. The van der Waals surface area contributed by atoms with Gasteiger partial charge in [-0.25, -0.2) is 4.98 Å². The molecule has 0 bridgehead atoms. The Morgan fingerprint density at radius 1 is 1.26 bits per heavy atom. The van der Waals surface area contributed by atoms with Crippen molar-refractivity contribution in [3.63, 3.8) is 0 Å². The largest absolute Gasteiger partial charge is 0.322 e. The molecule has 0 saturated carbocycles. The molecule has 0 saturated heterocycles. The second kappa shape index (κ2) is 5.17. The number of hydrogen-bond donors (Lipinski definition) is 0. The first-order chi connectivity index (χ1) is 9.29. The fourth-order valence-electron chi connectivity index (χ4n) is 2.58. The van der Waals surface area contributed by atoms with E-state index >= 15 is 0 Å². The van der Waals surface area contributed by atoms with Gasteiger partial charge in [0.05, 0.1) is 24.0 Å². The van der Waals surface area contributed by atoms with Gasteiger partial charge in [-0.2, -0.15) is 0 Å². The van der Waals surface area contributed by atoms with Gasteiger partial charge in [-0.3, -0.25) is 4.98 Å². The van der Waals surface area contributed by atoms with Gasteiger partial charge in [0.15, 0.2) is 5.82 Å². The second-order valence-electron chi connectivity index (χ2n) is 4.89. The van der Waals surface area contributed by atoms with Crippen LogP contribution in [0.25, 0.3) is 0 Å². The predicted molar refractivity (Wildman–Crippen MR) is 78.0 cm³/mol. The number of anilines is 2. The maximum absolute atomic E-state index is 5.76. The summed E-state index contributed by atoms with van der Waals surface area (Å²) < 4.78 is 0. The van der Waals surface area contributed by atoms with Crippen LogP contribution in [-0.4, -0.2) is 16.0 Å². The first-order valence-corrected chi connectivity index (χ1v) is 7.07. The normalized spacial score (nSPS) is 18.2.